The first-order valence-corrected chi connectivity index (χ1v) is 8.19. The summed E-state index contributed by atoms with van der Waals surface area (Å²) in [6.07, 6.45) is 1.70. The zero-order valence-corrected chi connectivity index (χ0v) is 14.7. The lowest BCUT2D eigenvalue weighted by molar-refractivity contribution is 0.100. The van der Waals surface area contributed by atoms with Gasteiger partial charge in [0.1, 0.15) is 17.2 Å². The molecule has 1 aromatic carbocycles. The van der Waals surface area contributed by atoms with Gasteiger partial charge in [-0.15, -0.1) is 0 Å². The number of primary amides is 1. The van der Waals surface area contributed by atoms with Crippen LogP contribution in [0.15, 0.2) is 30.5 Å². The number of nitrogen functional groups attached to an aromatic ring is 1. The van der Waals surface area contributed by atoms with Gasteiger partial charge in [0.2, 0.25) is 0 Å². The lowest BCUT2D eigenvalue weighted by atomic mass is 10.1. The highest BCUT2D eigenvalue weighted by Gasteiger charge is 2.25. The summed E-state index contributed by atoms with van der Waals surface area (Å²) < 4.78 is 3.50. The molecule has 3 aromatic heterocycles. The Morgan fingerprint density at radius 1 is 1.15 bits per heavy atom. The third-order valence-corrected chi connectivity index (χ3v) is 4.90. The predicted octanol–water partition coefficient (Wildman–Crippen LogP) is 2.59. The molecule has 0 spiro atoms. The van der Waals surface area contributed by atoms with Crippen molar-refractivity contribution in [3.63, 3.8) is 0 Å². The first-order valence-electron chi connectivity index (χ1n) is 8.19. The topological polar surface area (TPSA) is 112 Å². The van der Waals surface area contributed by atoms with Crippen molar-refractivity contribution in [2.45, 2.75) is 20.8 Å². The van der Waals surface area contributed by atoms with Crippen molar-refractivity contribution < 1.29 is 9.90 Å². The number of anilines is 1. The van der Waals surface area contributed by atoms with Crippen LogP contribution in [-0.2, 0) is 0 Å². The van der Waals surface area contributed by atoms with Crippen molar-refractivity contribution in [1.29, 1.82) is 0 Å². The number of amides is 1. The Balaban J connectivity index is 2.31. The first kappa shape index (κ1) is 16.0. The number of fused-ring (bicyclic) bond motifs is 3. The van der Waals surface area contributed by atoms with Crippen LogP contribution in [0.1, 0.15) is 27.0 Å². The molecule has 26 heavy (non-hydrogen) atoms. The molecule has 0 bridgehead atoms. The Morgan fingerprint density at radius 3 is 2.58 bits per heavy atom. The number of carbonyl (C=O) groups excluding carboxylic acids is 1. The Morgan fingerprint density at radius 2 is 1.88 bits per heavy atom. The molecule has 0 aliphatic heterocycles. The number of hydrogen-bond acceptors (Lipinski definition) is 4. The fraction of sp³-hybridized carbons (Fsp3) is 0.158. The second kappa shape index (κ2) is 5.26. The monoisotopic (exact) mass is 349 g/mol. The average molecular weight is 349 g/mol. The number of rotatable bonds is 2. The summed E-state index contributed by atoms with van der Waals surface area (Å²) in [6.45, 7) is 5.67. The van der Waals surface area contributed by atoms with Gasteiger partial charge in [0.15, 0.2) is 0 Å². The Hall–Kier alpha value is -3.48. The van der Waals surface area contributed by atoms with Crippen LogP contribution in [-0.4, -0.2) is 25.2 Å². The van der Waals surface area contributed by atoms with Crippen LogP contribution in [0.4, 0.5) is 5.82 Å². The number of aromatic nitrogens is 3. The molecule has 7 nitrogen and oxygen atoms in total. The number of hydrogen-bond donors (Lipinski definition) is 3. The molecule has 0 aliphatic carbocycles. The number of nitrogens with two attached hydrogens (primary N) is 2. The van der Waals surface area contributed by atoms with Crippen LogP contribution >= 0.6 is 0 Å². The number of benzene rings is 1. The minimum atomic E-state index is -0.604. The van der Waals surface area contributed by atoms with E-state index in [0.29, 0.717) is 22.3 Å². The number of phenolic OH excluding ortho intramolecular Hbond substituents is 1. The number of aryl methyl sites for hydroxylation is 2. The van der Waals surface area contributed by atoms with Gasteiger partial charge < -0.3 is 16.6 Å². The third-order valence-electron chi connectivity index (χ3n) is 4.90. The van der Waals surface area contributed by atoms with E-state index in [1.807, 2.05) is 26.0 Å². The van der Waals surface area contributed by atoms with E-state index in [2.05, 4.69) is 5.10 Å². The second-order valence-electron chi connectivity index (χ2n) is 6.53. The van der Waals surface area contributed by atoms with Gasteiger partial charge >= 0.3 is 0 Å². The SMILES string of the molecule is Cc1ccc(O)c(C)c1-n1c(N)c(C(N)=O)c2cc(C)c3ccnn3c21. The standard InChI is InChI=1S/C19H19N5O2/c1-9-4-5-14(25)11(3)16(9)23-17(20)15(18(21)26)12-8-10(2)13-6-7-22-24(13)19(12)23/h4-8,25H,20H2,1-3H3,(H2,21,26). The van der Waals surface area contributed by atoms with E-state index < -0.39 is 5.91 Å². The molecule has 0 aliphatic rings. The average Bonchev–Trinajstić information content (AvgIpc) is 3.15. The van der Waals surface area contributed by atoms with Gasteiger partial charge in [-0.2, -0.15) is 5.10 Å². The summed E-state index contributed by atoms with van der Waals surface area (Å²) in [5, 5.41) is 15.3. The van der Waals surface area contributed by atoms with E-state index in [1.54, 1.807) is 34.3 Å². The Labute approximate surface area is 149 Å². The third kappa shape index (κ3) is 1.94. The Kier molecular flexibility index (Phi) is 3.24. The zero-order valence-electron chi connectivity index (χ0n) is 14.7. The molecule has 0 unspecified atom stereocenters. The number of carbonyl (C=O) groups is 1. The van der Waals surface area contributed by atoms with Crippen LogP contribution in [0.25, 0.3) is 22.2 Å². The van der Waals surface area contributed by atoms with Gasteiger partial charge in [-0.1, -0.05) is 6.07 Å². The van der Waals surface area contributed by atoms with E-state index in [4.69, 9.17) is 11.5 Å². The Bertz CT molecular complexity index is 1220. The van der Waals surface area contributed by atoms with Crippen molar-refractivity contribution in [2.75, 3.05) is 5.73 Å². The highest BCUT2D eigenvalue weighted by molar-refractivity contribution is 6.11. The van der Waals surface area contributed by atoms with E-state index in [-0.39, 0.29) is 17.1 Å². The molecule has 0 fully saturated rings. The van der Waals surface area contributed by atoms with Crippen LogP contribution in [0, 0.1) is 20.8 Å². The van der Waals surface area contributed by atoms with E-state index in [0.717, 1.165) is 16.6 Å². The summed E-state index contributed by atoms with van der Waals surface area (Å²) in [5.41, 5.74) is 17.0. The highest BCUT2D eigenvalue weighted by atomic mass is 16.3. The molecular formula is C19H19N5O2. The maximum Gasteiger partial charge on any atom is 0.253 e. The molecule has 7 heteroatoms. The largest absolute Gasteiger partial charge is 0.508 e. The van der Waals surface area contributed by atoms with Gasteiger partial charge in [0, 0.05) is 10.9 Å². The van der Waals surface area contributed by atoms with Crippen molar-refractivity contribution in [3.8, 4) is 11.4 Å². The molecule has 0 radical (unpaired) electrons. The molecule has 3 heterocycles. The minimum absolute atomic E-state index is 0.149. The van der Waals surface area contributed by atoms with Crippen molar-refractivity contribution in [1.82, 2.24) is 14.2 Å². The smallest absolute Gasteiger partial charge is 0.253 e. The van der Waals surface area contributed by atoms with Crippen LogP contribution in [0.5, 0.6) is 5.75 Å². The van der Waals surface area contributed by atoms with Crippen molar-refractivity contribution in [2.24, 2.45) is 5.73 Å². The number of nitrogens with zero attached hydrogens (tertiary/aromatic N) is 3. The zero-order chi connectivity index (χ0) is 18.7. The van der Waals surface area contributed by atoms with Crippen molar-refractivity contribution >= 4 is 28.3 Å². The summed E-state index contributed by atoms with van der Waals surface area (Å²) in [5.74, 6) is -0.226. The molecule has 132 valence electrons. The molecule has 4 aromatic rings. The lowest BCUT2D eigenvalue weighted by Gasteiger charge is -2.16. The van der Waals surface area contributed by atoms with Gasteiger partial charge in [-0.3, -0.25) is 9.36 Å². The maximum atomic E-state index is 12.2. The summed E-state index contributed by atoms with van der Waals surface area (Å²) in [6, 6.07) is 7.24. The maximum absolute atomic E-state index is 12.2. The van der Waals surface area contributed by atoms with E-state index in [1.165, 1.54) is 0 Å². The molecular weight excluding hydrogens is 330 g/mol. The lowest BCUT2D eigenvalue weighted by Crippen LogP contribution is -2.14. The normalized spacial score (nSPS) is 11.5. The van der Waals surface area contributed by atoms with Crippen LogP contribution in [0.2, 0.25) is 0 Å². The highest BCUT2D eigenvalue weighted by Crippen LogP contribution is 2.37. The summed E-state index contributed by atoms with van der Waals surface area (Å²) >= 11 is 0. The fourth-order valence-corrected chi connectivity index (χ4v) is 3.66. The minimum Gasteiger partial charge on any atom is -0.508 e. The second-order valence-corrected chi connectivity index (χ2v) is 6.53. The molecule has 4 rings (SSSR count). The van der Waals surface area contributed by atoms with Crippen LogP contribution in [0.3, 0.4) is 0 Å². The molecule has 0 saturated carbocycles. The number of pyridine rings is 1. The molecule has 0 saturated heterocycles. The van der Waals surface area contributed by atoms with Gasteiger partial charge in [-0.05, 0) is 50.1 Å². The van der Waals surface area contributed by atoms with Gasteiger partial charge in [0.25, 0.3) is 5.91 Å². The summed E-state index contributed by atoms with van der Waals surface area (Å²) in [7, 11) is 0. The van der Waals surface area contributed by atoms with Crippen LogP contribution < -0.4 is 11.5 Å². The number of phenols is 1. The van der Waals surface area contributed by atoms with Gasteiger partial charge in [-0.25, -0.2) is 4.52 Å². The molecule has 5 N–H and O–H groups in total. The molecule has 0 atom stereocenters. The predicted molar refractivity (Wildman–Crippen MR) is 101 cm³/mol. The van der Waals surface area contributed by atoms with Gasteiger partial charge in [0.05, 0.1) is 23.0 Å². The van der Waals surface area contributed by atoms with E-state index in [9.17, 15) is 9.90 Å². The quantitative estimate of drug-likeness (QED) is 0.516. The van der Waals surface area contributed by atoms with E-state index >= 15 is 0 Å². The molecule has 1 amide bonds. The van der Waals surface area contributed by atoms with Crippen molar-refractivity contribution in [3.05, 3.63) is 52.7 Å². The fourth-order valence-electron chi connectivity index (χ4n) is 3.66. The first-order chi connectivity index (χ1) is 12.3. The summed E-state index contributed by atoms with van der Waals surface area (Å²) in [4.78, 5) is 12.2. The number of aromatic hydroxyl groups is 1.